The molecular formula is C62H68O18. The molecule has 6 aromatic rings. The number of carbonyl (C=O) groups excluding carboxylic acids is 5. The molecule has 0 fully saturated rings. The molecule has 18 nitrogen and oxygen atoms in total. The summed E-state index contributed by atoms with van der Waals surface area (Å²) in [6, 6.07) is 41.8. The van der Waals surface area contributed by atoms with Crippen molar-refractivity contribution < 1.29 is 85.9 Å². The Morgan fingerprint density at radius 1 is 0.312 bits per heavy atom. The summed E-state index contributed by atoms with van der Waals surface area (Å²) in [5.74, 6) is -0.141. The van der Waals surface area contributed by atoms with Crippen LogP contribution in [0, 0.1) is 0 Å². The van der Waals surface area contributed by atoms with E-state index >= 15 is 0 Å². The van der Waals surface area contributed by atoms with Crippen LogP contribution in [0.15, 0.2) is 133 Å². The molecule has 0 spiro atoms. The minimum atomic E-state index is -0.966. The smallest absolute Gasteiger partial charge is 0.302 e. The molecule has 1 atom stereocenters. The first kappa shape index (κ1) is 61.1. The predicted molar refractivity (Wildman–Crippen MR) is 295 cm³/mol. The van der Waals surface area contributed by atoms with E-state index in [2.05, 4.69) is 36.4 Å². The lowest BCUT2D eigenvalue weighted by Crippen LogP contribution is -2.14. The lowest BCUT2D eigenvalue weighted by atomic mass is 9.95. The van der Waals surface area contributed by atoms with Gasteiger partial charge in [0.15, 0.2) is 28.8 Å². The van der Waals surface area contributed by atoms with Crippen molar-refractivity contribution in [2.24, 2.45) is 0 Å². The molecule has 0 radical (unpaired) electrons. The summed E-state index contributed by atoms with van der Waals surface area (Å²) in [5, 5.41) is 11.5. The van der Waals surface area contributed by atoms with Crippen LogP contribution in [0.4, 0.5) is 0 Å². The van der Waals surface area contributed by atoms with Gasteiger partial charge in [-0.3, -0.25) is 24.0 Å². The van der Waals surface area contributed by atoms with Crippen molar-refractivity contribution in [1.82, 2.24) is 0 Å². The van der Waals surface area contributed by atoms with Gasteiger partial charge in [-0.15, -0.1) is 0 Å². The van der Waals surface area contributed by atoms with Gasteiger partial charge in [0.2, 0.25) is 0 Å². The van der Waals surface area contributed by atoms with Gasteiger partial charge in [-0.2, -0.15) is 0 Å². The van der Waals surface area contributed by atoms with E-state index in [9.17, 15) is 29.1 Å². The maximum atomic E-state index is 13.8. The molecule has 0 aliphatic rings. The molecule has 0 aliphatic heterocycles. The number of aliphatic hydroxyl groups is 1. The largest absolute Gasteiger partial charge is 0.487 e. The van der Waals surface area contributed by atoms with Crippen molar-refractivity contribution in [3.63, 3.8) is 0 Å². The van der Waals surface area contributed by atoms with Crippen molar-refractivity contribution in [3.05, 3.63) is 156 Å². The number of esters is 4. The Hall–Kier alpha value is -8.13. The van der Waals surface area contributed by atoms with E-state index in [0.717, 1.165) is 33.4 Å². The van der Waals surface area contributed by atoms with E-state index in [1.807, 2.05) is 48.5 Å². The molecule has 18 heteroatoms. The molecule has 0 saturated heterocycles. The Kier molecular flexibility index (Phi) is 25.5. The van der Waals surface area contributed by atoms with Crippen LogP contribution >= 0.6 is 0 Å². The normalized spacial score (nSPS) is 11.3. The third kappa shape index (κ3) is 20.9. The highest BCUT2D eigenvalue weighted by Gasteiger charge is 2.18. The Labute approximate surface area is 465 Å². The van der Waals surface area contributed by atoms with Crippen molar-refractivity contribution in [2.45, 2.75) is 33.8 Å². The van der Waals surface area contributed by atoms with E-state index in [4.69, 9.17) is 56.8 Å². The van der Waals surface area contributed by atoms with Crippen LogP contribution < -0.4 is 18.9 Å². The van der Waals surface area contributed by atoms with Crippen LogP contribution in [0.2, 0.25) is 0 Å². The quantitative estimate of drug-likeness (QED) is 0.0170. The molecular weight excluding hydrogens is 1030 g/mol. The summed E-state index contributed by atoms with van der Waals surface area (Å²) in [6.45, 7) is 8.38. The summed E-state index contributed by atoms with van der Waals surface area (Å²) >= 11 is 0. The van der Waals surface area contributed by atoms with E-state index in [1.54, 1.807) is 48.5 Å². The number of hydrogen-bond acceptors (Lipinski definition) is 18. The molecule has 6 rings (SSSR count). The van der Waals surface area contributed by atoms with Gasteiger partial charge in [0.05, 0.1) is 52.9 Å². The van der Waals surface area contributed by atoms with Gasteiger partial charge < -0.3 is 61.9 Å². The fourth-order valence-corrected chi connectivity index (χ4v) is 7.78. The highest BCUT2D eigenvalue weighted by molar-refractivity contribution is 6.09. The number of aliphatic hydroxyl groups excluding tert-OH is 1. The Balaban J connectivity index is 1.04. The molecule has 0 saturated carbocycles. The highest BCUT2D eigenvalue weighted by atomic mass is 16.6. The van der Waals surface area contributed by atoms with Gasteiger partial charge >= 0.3 is 23.9 Å². The Bertz CT molecular complexity index is 2880. The summed E-state index contributed by atoms with van der Waals surface area (Å²) in [4.78, 5) is 57.8. The van der Waals surface area contributed by atoms with E-state index in [1.165, 1.54) is 27.7 Å². The molecule has 0 amide bonds. The van der Waals surface area contributed by atoms with Crippen LogP contribution in [0.5, 0.6) is 23.0 Å². The average molecular weight is 1100 g/mol. The van der Waals surface area contributed by atoms with E-state index in [0.29, 0.717) is 45.3 Å². The van der Waals surface area contributed by atoms with Gasteiger partial charge in [-0.25, -0.2) is 0 Å². The summed E-state index contributed by atoms with van der Waals surface area (Å²) in [7, 11) is 0. The maximum Gasteiger partial charge on any atom is 0.302 e. The lowest BCUT2D eigenvalue weighted by Gasteiger charge is -2.17. The number of ether oxygens (including phenoxy) is 12. The van der Waals surface area contributed by atoms with E-state index < -0.39 is 12.1 Å². The molecule has 424 valence electrons. The molecule has 1 unspecified atom stereocenters. The monoisotopic (exact) mass is 1100 g/mol. The second kappa shape index (κ2) is 33.3. The van der Waals surface area contributed by atoms with Gasteiger partial charge in [0.25, 0.3) is 0 Å². The zero-order chi connectivity index (χ0) is 56.9. The van der Waals surface area contributed by atoms with Crippen molar-refractivity contribution in [1.29, 1.82) is 0 Å². The summed E-state index contributed by atoms with van der Waals surface area (Å²) in [6.07, 6.45) is -0.966. The number of ketones is 1. The Morgan fingerprint density at radius 3 is 0.950 bits per heavy atom. The number of hydrogen-bond donors (Lipinski definition) is 1. The van der Waals surface area contributed by atoms with Crippen LogP contribution in [0.1, 0.15) is 60.8 Å². The first-order valence-corrected chi connectivity index (χ1v) is 26.1. The SMILES string of the molecule is CC(=O)OCCOCCOc1ccc(C(=O)c2ccc(-c3ccc(-c4ccc(-c5ccc(C(O)c6ccc(OCCOCCOC(C)=O)c(OCCOCCOC(C)=O)c6)cc5)cc4)cc3)cc2)cc1OCCOCCOC(C)=O. The molecule has 80 heavy (non-hydrogen) atoms. The van der Waals surface area contributed by atoms with E-state index in [-0.39, 0.29) is 129 Å². The average Bonchev–Trinajstić information content (AvgIpc) is 3.46. The number of carbonyl (C=O) groups is 5. The highest BCUT2D eigenvalue weighted by Crippen LogP contribution is 2.35. The van der Waals surface area contributed by atoms with Gasteiger partial charge in [-0.1, -0.05) is 103 Å². The zero-order valence-corrected chi connectivity index (χ0v) is 45.5. The zero-order valence-electron chi connectivity index (χ0n) is 45.5. The van der Waals surface area contributed by atoms with Crippen LogP contribution in [-0.4, -0.2) is 140 Å². The first-order chi connectivity index (χ1) is 38.8. The molecule has 6 aromatic carbocycles. The molecule has 0 bridgehead atoms. The van der Waals surface area contributed by atoms with Crippen LogP contribution in [-0.2, 0) is 57.1 Å². The van der Waals surface area contributed by atoms with Gasteiger partial charge in [-0.05, 0) is 74.8 Å². The fourth-order valence-electron chi connectivity index (χ4n) is 7.78. The molecule has 0 aromatic heterocycles. The number of rotatable bonds is 35. The summed E-state index contributed by atoms with van der Waals surface area (Å²) in [5.41, 5.74) is 8.15. The maximum absolute atomic E-state index is 13.8. The van der Waals surface area contributed by atoms with Crippen LogP contribution in [0.25, 0.3) is 33.4 Å². The lowest BCUT2D eigenvalue weighted by molar-refractivity contribution is -0.143. The van der Waals surface area contributed by atoms with Crippen molar-refractivity contribution in [3.8, 4) is 56.4 Å². The molecule has 1 N–H and O–H groups in total. The predicted octanol–water partition coefficient (Wildman–Crippen LogP) is 8.83. The minimum absolute atomic E-state index is 0.126. The fraction of sp³-hybridized carbons (Fsp3) is 0.339. The van der Waals surface area contributed by atoms with Crippen molar-refractivity contribution in [2.75, 3.05) is 106 Å². The third-order valence-electron chi connectivity index (χ3n) is 11.7. The third-order valence-corrected chi connectivity index (χ3v) is 11.7. The second-order valence-electron chi connectivity index (χ2n) is 17.7. The van der Waals surface area contributed by atoms with Crippen LogP contribution in [0.3, 0.4) is 0 Å². The topological polar surface area (TPSA) is 216 Å². The van der Waals surface area contributed by atoms with Gasteiger partial charge in [0.1, 0.15) is 59.0 Å². The Morgan fingerprint density at radius 2 is 0.588 bits per heavy atom. The summed E-state index contributed by atoms with van der Waals surface area (Å²) < 4.78 is 65.4. The number of benzene rings is 6. The first-order valence-electron chi connectivity index (χ1n) is 26.1. The molecule has 0 heterocycles. The molecule has 0 aliphatic carbocycles. The standard InChI is InChI=1S/C62H68O18/c1-43(63)73-33-25-69-29-37-77-57-23-21-55(41-59(57)79-39-31-71-27-35-75-45(3)65)61(67)53-17-13-51(14-18-53)49-9-5-47(6-10-49)48-7-11-50(12-8-48)52-15-19-54(20-16-52)62(68)56-22-24-58(78-38-30-70-26-34-74-44(2)64)60(42-56)80-40-32-72-28-36-76-46(4)66/h5-24,41-42,61,67H,25-40H2,1-4H3. The van der Waals surface area contributed by atoms with Crippen molar-refractivity contribution >= 4 is 29.7 Å². The minimum Gasteiger partial charge on any atom is -0.487 e. The second-order valence-corrected chi connectivity index (χ2v) is 17.7. The van der Waals surface area contributed by atoms with Gasteiger partial charge in [0, 0.05) is 38.8 Å².